The molecule has 1 aromatic heterocycles. The van der Waals surface area contributed by atoms with E-state index in [2.05, 4.69) is 17.4 Å². The maximum atomic E-state index is 12.2. The number of carbonyl (C=O) groups excluding carboxylic acids is 2. The Morgan fingerprint density at radius 2 is 1.83 bits per heavy atom. The molecule has 5 heteroatoms. The van der Waals surface area contributed by atoms with Crippen molar-refractivity contribution in [3.05, 3.63) is 57.8 Å². The molecule has 2 rings (SSSR count). The highest BCUT2D eigenvalue weighted by molar-refractivity contribution is 7.13. The molecule has 24 heavy (non-hydrogen) atoms. The zero-order valence-corrected chi connectivity index (χ0v) is 15.1. The normalized spacial score (nSPS) is 13.1. The van der Waals surface area contributed by atoms with Gasteiger partial charge in [0.1, 0.15) is 4.88 Å². The fourth-order valence-electron chi connectivity index (χ4n) is 2.28. The van der Waals surface area contributed by atoms with Crippen molar-refractivity contribution in [2.75, 3.05) is 0 Å². The molecule has 0 fully saturated rings. The summed E-state index contributed by atoms with van der Waals surface area (Å²) in [5, 5.41) is 2.90. The third-order valence-corrected chi connectivity index (χ3v) is 4.67. The number of aryl methyl sites for hydroxylation is 2. The number of esters is 1. The van der Waals surface area contributed by atoms with Crippen LogP contribution in [0.4, 0.5) is 0 Å². The second kappa shape index (κ2) is 8.64. The Morgan fingerprint density at radius 1 is 1.12 bits per heavy atom. The van der Waals surface area contributed by atoms with Gasteiger partial charge in [0.2, 0.25) is 0 Å². The van der Waals surface area contributed by atoms with Crippen LogP contribution >= 0.6 is 11.3 Å². The van der Waals surface area contributed by atoms with E-state index in [-0.39, 0.29) is 11.9 Å². The van der Waals surface area contributed by atoms with Crippen LogP contribution < -0.4 is 5.32 Å². The van der Waals surface area contributed by atoms with Gasteiger partial charge in [-0.1, -0.05) is 30.3 Å². The van der Waals surface area contributed by atoms with Crippen molar-refractivity contribution in [3.8, 4) is 0 Å². The molecule has 0 radical (unpaired) electrons. The summed E-state index contributed by atoms with van der Waals surface area (Å²) in [4.78, 5) is 25.7. The number of hydrogen-bond donors (Lipinski definition) is 1. The SMILES string of the molecule is Cc1ccc(C(=O)O[C@H](C)C(=O)N[C@@H](C)CCc2ccccc2)s1. The minimum Gasteiger partial charge on any atom is -0.448 e. The van der Waals surface area contributed by atoms with Crippen LogP contribution in [0.15, 0.2) is 42.5 Å². The first kappa shape index (κ1) is 18.2. The predicted molar refractivity (Wildman–Crippen MR) is 96.3 cm³/mol. The summed E-state index contributed by atoms with van der Waals surface area (Å²) >= 11 is 1.36. The lowest BCUT2D eigenvalue weighted by atomic mass is 10.1. The summed E-state index contributed by atoms with van der Waals surface area (Å²) in [6.45, 7) is 5.47. The van der Waals surface area contributed by atoms with Gasteiger partial charge >= 0.3 is 5.97 Å². The Balaban J connectivity index is 1.77. The summed E-state index contributed by atoms with van der Waals surface area (Å²) < 4.78 is 5.23. The van der Waals surface area contributed by atoms with Crippen LogP contribution in [0.2, 0.25) is 0 Å². The topological polar surface area (TPSA) is 55.4 Å². The van der Waals surface area contributed by atoms with Gasteiger partial charge in [-0.3, -0.25) is 4.79 Å². The van der Waals surface area contributed by atoms with E-state index in [4.69, 9.17) is 4.74 Å². The van der Waals surface area contributed by atoms with E-state index < -0.39 is 12.1 Å². The number of thiophene rings is 1. The van der Waals surface area contributed by atoms with E-state index in [0.29, 0.717) is 4.88 Å². The monoisotopic (exact) mass is 345 g/mol. The third-order valence-electron chi connectivity index (χ3n) is 3.69. The molecule has 0 saturated heterocycles. The van der Waals surface area contributed by atoms with Crippen LogP contribution in [-0.4, -0.2) is 24.0 Å². The van der Waals surface area contributed by atoms with Crippen molar-refractivity contribution in [3.63, 3.8) is 0 Å². The number of benzene rings is 1. The summed E-state index contributed by atoms with van der Waals surface area (Å²) in [7, 11) is 0. The first-order valence-electron chi connectivity index (χ1n) is 8.07. The quantitative estimate of drug-likeness (QED) is 0.778. The maximum Gasteiger partial charge on any atom is 0.349 e. The molecule has 0 unspecified atom stereocenters. The van der Waals surface area contributed by atoms with Crippen LogP contribution in [0.3, 0.4) is 0 Å². The Kier molecular flexibility index (Phi) is 6.55. The van der Waals surface area contributed by atoms with Crippen molar-refractivity contribution in [2.45, 2.75) is 45.8 Å². The highest BCUT2D eigenvalue weighted by Crippen LogP contribution is 2.16. The molecule has 0 aliphatic rings. The van der Waals surface area contributed by atoms with E-state index in [1.807, 2.05) is 38.1 Å². The van der Waals surface area contributed by atoms with Gasteiger partial charge in [0.05, 0.1) is 0 Å². The summed E-state index contributed by atoms with van der Waals surface area (Å²) in [6, 6.07) is 13.7. The van der Waals surface area contributed by atoms with E-state index in [0.717, 1.165) is 17.7 Å². The largest absolute Gasteiger partial charge is 0.448 e. The van der Waals surface area contributed by atoms with E-state index in [1.165, 1.54) is 16.9 Å². The van der Waals surface area contributed by atoms with Gasteiger partial charge in [0.25, 0.3) is 5.91 Å². The molecule has 1 N–H and O–H groups in total. The standard InChI is InChI=1S/C19H23NO3S/c1-13(9-11-16-7-5-4-6-8-16)20-18(21)15(3)23-19(22)17-12-10-14(2)24-17/h4-8,10,12-13,15H,9,11H2,1-3H3,(H,20,21)/t13-,15+/m0/s1. The number of amides is 1. The maximum absolute atomic E-state index is 12.2. The van der Waals surface area contributed by atoms with Crippen LogP contribution in [-0.2, 0) is 16.0 Å². The van der Waals surface area contributed by atoms with Crippen LogP contribution in [0, 0.1) is 6.92 Å². The number of carbonyl (C=O) groups is 2. The molecule has 0 saturated carbocycles. The Bertz CT molecular complexity index is 681. The number of ether oxygens (including phenoxy) is 1. The lowest BCUT2D eigenvalue weighted by Crippen LogP contribution is -2.40. The van der Waals surface area contributed by atoms with Gasteiger partial charge in [-0.05, 0) is 51.3 Å². The van der Waals surface area contributed by atoms with E-state index >= 15 is 0 Å². The molecule has 2 aromatic rings. The Morgan fingerprint density at radius 3 is 2.46 bits per heavy atom. The molecule has 128 valence electrons. The molecule has 1 aromatic carbocycles. The first-order valence-corrected chi connectivity index (χ1v) is 8.89. The van der Waals surface area contributed by atoms with Gasteiger partial charge in [-0.25, -0.2) is 4.79 Å². The van der Waals surface area contributed by atoms with Gasteiger partial charge in [0.15, 0.2) is 6.10 Å². The van der Waals surface area contributed by atoms with Crippen molar-refractivity contribution in [1.29, 1.82) is 0 Å². The number of nitrogens with one attached hydrogen (secondary N) is 1. The highest BCUT2D eigenvalue weighted by Gasteiger charge is 2.21. The molecule has 0 aliphatic heterocycles. The van der Waals surface area contributed by atoms with Crippen LogP contribution in [0.25, 0.3) is 0 Å². The molecular formula is C19H23NO3S. The smallest absolute Gasteiger partial charge is 0.349 e. The summed E-state index contributed by atoms with van der Waals surface area (Å²) in [5.74, 6) is -0.718. The van der Waals surface area contributed by atoms with Crippen molar-refractivity contribution in [2.24, 2.45) is 0 Å². The van der Waals surface area contributed by atoms with E-state index in [1.54, 1.807) is 13.0 Å². The molecule has 4 nitrogen and oxygen atoms in total. The average molecular weight is 345 g/mol. The molecular weight excluding hydrogens is 322 g/mol. The van der Waals surface area contributed by atoms with Crippen LogP contribution in [0.5, 0.6) is 0 Å². The van der Waals surface area contributed by atoms with Gasteiger partial charge in [0, 0.05) is 10.9 Å². The zero-order chi connectivity index (χ0) is 17.5. The minimum atomic E-state index is -0.806. The molecule has 0 spiro atoms. The molecule has 0 aliphatic carbocycles. The third kappa shape index (κ3) is 5.49. The van der Waals surface area contributed by atoms with Gasteiger partial charge < -0.3 is 10.1 Å². The second-order valence-electron chi connectivity index (χ2n) is 5.89. The highest BCUT2D eigenvalue weighted by atomic mass is 32.1. The second-order valence-corrected chi connectivity index (χ2v) is 7.18. The average Bonchev–Trinajstić information content (AvgIpc) is 3.00. The number of hydrogen-bond acceptors (Lipinski definition) is 4. The van der Waals surface area contributed by atoms with Crippen molar-refractivity contribution in [1.82, 2.24) is 5.32 Å². The predicted octanol–water partition coefficient (Wildman–Crippen LogP) is 3.74. The van der Waals surface area contributed by atoms with Gasteiger partial charge in [-0.15, -0.1) is 11.3 Å². The number of rotatable bonds is 7. The molecule has 1 amide bonds. The van der Waals surface area contributed by atoms with Crippen molar-refractivity contribution < 1.29 is 14.3 Å². The summed E-state index contributed by atoms with van der Waals surface area (Å²) in [6.07, 6.45) is 0.921. The lowest BCUT2D eigenvalue weighted by molar-refractivity contribution is -0.129. The Hall–Kier alpha value is -2.14. The molecule has 1 heterocycles. The molecule has 2 atom stereocenters. The minimum absolute atomic E-state index is 0.0165. The van der Waals surface area contributed by atoms with Crippen LogP contribution in [0.1, 0.15) is 40.4 Å². The fraction of sp³-hybridized carbons (Fsp3) is 0.368. The van der Waals surface area contributed by atoms with E-state index in [9.17, 15) is 9.59 Å². The Labute approximate surface area is 146 Å². The first-order chi connectivity index (χ1) is 11.5. The van der Waals surface area contributed by atoms with Crippen molar-refractivity contribution >= 4 is 23.2 Å². The lowest BCUT2D eigenvalue weighted by Gasteiger charge is -2.17. The summed E-state index contributed by atoms with van der Waals surface area (Å²) in [5.41, 5.74) is 1.24. The van der Waals surface area contributed by atoms with Gasteiger partial charge in [-0.2, -0.15) is 0 Å². The molecule has 0 bridgehead atoms. The zero-order valence-electron chi connectivity index (χ0n) is 14.2. The fourth-order valence-corrected chi connectivity index (χ4v) is 3.03.